The SMILES string of the molecule is CC[C@@]1(OC(=O)O[C@@H]2CC(C)=C(/C=C/C=C/C3=C(C)C[C@@H](O)CC3(C)C)C(C)(C)C2)C[C@H]2CN(CC/C=C(\Nc3ccccc3)[C@@](C(=O)OC)(c3cc4c(cc3OC)N(OC)[C@H]3[C@@](O)(C(=O)OC)[C@H](OC(C)=O)[C@]5(CC)C=CCN6CC[C@]43[C@@H]65)C2)C1. The summed E-state index contributed by atoms with van der Waals surface area (Å²) in [6, 6.07) is 11.9. The van der Waals surface area contributed by atoms with Gasteiger partial charge in [0.25, 0.3) is 0 Å². The number of nitrogens with zero attached hydrogens (tertiary/aromatic N) is 3. The molecule has 466 valence electrons. The minimum absolute atomic E-state index is 0.117. The van der Waals surface area contributed by atoms with E-state index in [1.165, 1.54) is 45.0 Å². The van der Waals surface area contributed by atoms with Crippen LogP contribution in [0.25, 0.3) is 0 Å². The Balaban J connectivity index is 1.03. The average molecular weight is 1190 g/mol. The predicted octanol–water partition coefficient (Wildman–Crippen LogP) is 10.5. The number of methoxy groups -OCH3 is 3. The van der Waals surface area contributed by atoms with Crippen molar-refractivity contribution in [1.29, 1.82) is 0 Å². The number of piperidine rings is 1. The van der Waals surface area contributed by atoms with Crippen molar-refractivity contribution in [3.8, 4) is 5.75 Å². The molecular formula is C69H92N4O13. The fourth-order valence-electron chi connectivity index (χ4n) is 17.9. The molecule has 2 bridgehead atoms. The number of aliphatic hydroxyl groups excluding tert-OH is 1. The van der Waals surface area contributed by atoms with E-state index in [1.54, 1.807) is 12.2 Å². The number of carbonyl (C=O) groups excluding carboxylic acids is 4. The molecule has 3 fully saturated rings. The summed E-state index contributed by atoms with van der Waals surface area (Å²) in [5, 5.41) is 29.3. The Morgan fingerprint density at radius 3 is 2.10 bits per heavy atom. The maximum absolute atomic E-state index is 15.9. The van der Waals surface area contributed by atoms with Crippen LogP contribution < -0.4 is 15.1 Å². The number of para-hydroxylation sites is 1. The molecule has 5 heterocycles. The van der Waals surface area contributed by atoms with E-state index in [4.69, 9.17) is 33.3 Å². The fraction of sp³-hybridized carbons (Fsp3) is 0.594. The summed E-state index contributed by atoms with van der Waals surface area (Å²) in [5.41, 5.74) is 0.144. The zero-order chi connectivity index (χ0) is 61.9. The molecule has 2 aromatic carbocycles. The highest BCUT2D eigenvalue weighted by Crippen LogP contribution is 2.69. The van der Waals surface area contributed by atoms with Crippen LogP contribution in [-0.2, 0) is 53.7 Å². The summed E-state index contributed by atoms with van der Waals surface area (Å²) in [5.74, 6) is -2.14. The Morgan fingerprint density at radius 2 is 1.49 bits per heavy atom. The van der Waals surface area contributed by atoms with Crippen LogP contribution in [0.5, 0.6) is 5.75 Å². The van der Waals surface area contributed by atoms with Gasteiger partial charge in [0.1, 0.15) is 28.9 Å². The van der Waals surface area contributed by atoms with Crippen LogP contribution >= 0.6 is 0 Å². The molecule has 8 aliphatic rings. The van der Waals surface area contributed by atoms with E-state index in [-0.39, 0.29) is 29.3 Å². The van der Waals surface area contributed by atoms with E-state index in [0.29, 0.717) is 107 Å². The molecule has 2 aromatic rings. The molecule has 86 heavy (non-hydrogen) atoms. The summed E-state index contributed by atoms with van der Waals surface area (Å²) in [6.07, 6.45) is 16.8. The average Bonchev–Trinajstić information content (AvgIpc) is 1.76. The van der Waals surface area contributed by atoms with Crippen LogP contribution in [0.3, 0.4) is 0 Å². The summed E-state index contributed by atoms with van der Waals surface area (Å²) in [7, 11) is 5.66. The number of rotatable bonds is 15. The van der Waals surface area contributed by atoms with Crippen molar-refractivity contribution >= 4 is 35.4 Å². The van der Waals surface area contributed by atoms with Gasteiger partial charge >= 0.3 is 24.1 Å². The molecule has 17 heteroatoms. The number of allylic oxidation sites excluding steroid dienone is 6. The van der Waals surface area contributed by atoms with Gasteiger partial charge in [0.15, 0.2) is 6.10 Å². The molecule has 3 aliphatic carbocycles. The summed E-state index contributed by atoms with van der Waals surface area (Å²) < 4.78 is 37.4. The first-order chi connectivity index (χ1) is 40.9. The Morgan fingerprint density at radius 1 is 0.802 bits per heavy atom. The third-order valence-electron chi connectivity index (χ3n) is 21.0. The molecule has 1 saturated carbocycles. The van der Waals surface area contributed by atoms with Crippen molar-refractivity contribution in [2.75, 3.05) is 71.5 Å². The third kappa shape index (κ3) is 10.4. The normalized spacial score (nSPS) is 35.1. The van der Waals surface area contributed by atoms with E-state index in [1.807, 2.05) is 68.5 Å². The molecule has 3 N–H and O–H groups in total. The van der Waals surface area contributed by atoms with Crippen LogP contribution in [-0.4, -0.2) is 147 Å². The number of hydrogen-bond donors (Lipinski definition) is 3. The first kappa shape index (κ1) is 62.8. The first-order valence-electron chi connectivity index (χ1n) is 31.0. The Bertz CT molecular complexity index is 3160. The van der Waals surface area contributed by atoms with Gasteiger partial charge in [-0.15, -0.1) is 0 Å². The van der Waals surface area contributed by atoms with E-state index in [0.717, 1.165) is 23.2 Å². The van der Waals surface area contributed by atoms with E-state index in [9.17, 15) is 24.6 Å². The molecule has 0 amide bonds. The fourth-order valence-corrected chi connectivity index (χ4v) is 17.9. The molecular weight excluding hydrogens is 1090 g/mol. The van der Waals surface area contributed by atoms with Crippen LogP contribution in [0.15, 0.2) is 113 Å². The van der Waals surface area contributed by atoms with Crippen molar-refractivity contribution in [3.05, 3.63) is 124 Å². The van der Waals surface area contributed by atoms with Crippen LogP contribution in [0, 0.1) is 22.2 Å². The zero-order valence-electron chi connectivity index (χ0n) is 52.9. The molecule has 10 rings (SSSR count). The summed E-state index contributed by atoms with van der Waals surface area (Å²) in [6.45, 7) is 21.0. The number of anilines is 2. The highest BCUT2D eigenvalue weighted by atomic mass is 16.7. The van der Waals surface area contributed by atoms with E-state index < -0.39 is 75.8 Å². The van der Waals surface area contributed by atoms with Gasteiger partial charge in [-0.2, -0.15) is 0 Å². The van der Waals surface area contributed by atoms with Crippen LogP contribution in [0.1, 0.15) is 138 Å². The second-order valence-corrected chi connectivity index (χ2v) is 27.1. The standard InChI is InChI=1S/C69H92N4O13/c1-14-65(86-62(78)85-49-34-44(4)51(64(8,9)40-49)26-20-19-25-50-43(3)33-48(75)39-63(50,6)7)37-46-38-68(60(76)81-11,56(27-21-30-71(41-46)42-65)70-47-23-17-16-18-24-47)53-35-52-54(36-55(53)80-10)73(83-13)58-67(52)29-32-72-31-22-28-66(15-2,57(67)72)59(84-45(5)74)69(58,79)61(77)82-12/h16-20,22-28,35-36,46,48-49,57-59,70,75,79H,14-15,21,29-34,37-42H2,1-13H3/b25-19+,26-20+,56-27-/t46-,48-,49-,57+,58-,59-,65-,66-,67-,68+,69+/m1/s1. The summed E-state index contributed by atoms with van der Waals surface area (Å²) in [4.78, 5) is 69.4. The van der Waals surface area contributed by atoms with Gasteiger partial charge in [0.2, 0.25) is 5.60 Å². The number of hydrogen-bond acceptors (Lipinski definition) is 17. The molecule has 1 unspecified atom stereocenters. The Kier molecular flexibility index (Phi) is 17.3. The quantitative estimate of drug-likeness (QED) is 0.0659. The van der Waals surface area contributed by atoms with Crippen LogP contribution in [0.4, 0.5) is 16.2 Å². The molecule has 0 aromatic heterocycles. The van der Waals surface area contributed by atoms with Crippen molar-refractivity contribution in [1.82, 2.24) is 9.80 Å². The molecule has 1 spiro atoms. The summed E-state index contributed by atoms with van der Waals surface area (Å²) >= 11 is 0. The van der Waals surface area contributed by atoms with E-state index in [2.05, 4.69) is 87.0 Å². The second-order valence-electron chi connectivity index (χ2n) is 27.1. The van der Waals surface area contributed by atoms with Crippen molar-refractivity contribution in [2.45, 2.75) is 179 Å². The van der Waals surface area contributed by atoms with Gasteiger partial charge in [-0.1, -0.05) is 113 Å². The highest BCUT2D eigenvalue weighted by molar-refractivity contribution is 5.92. The molecule has 12 atom stereocenters. The largest absolute Gasteiger partial charge is 0.509 e. The number of fused-ring (bicyclic) bond motifs is 3. The highest BCUT2D eigenvalue weighted by Gasteiger charge is 2.81. The van der Waals surface area contributed by atoms with Crippen molar-refractivity contribution in [3.63, 3.8) is 0 Å². The Labute approximate surface area is 508 Å². The predicted molar refractivity (Wildman–Crippen MR) is 328 cm³/mol. The van der Waals surface area contributed by atoms with Crippen molar-refractivity contribution in [2.24, 2.45) is 22.2 Å². The van der Waals surface area contributed by atoms with Gasteiger partial charge < -0.3 is 44.0 Å². The van der Waals surface area contributed by atoms with Gasteiger partial charge in [0, 0.05) is 79.4 Å². The first-order valence-corrected chi connectivity index (χ1v) is 31.0. The minimum atomic E-state index is -2.49. The minimum Gasteiger partial charge on any atom is -0.496 e. The number of esters is 3. The molecule has 5 aliphatic heterocycles. The van der Waals surface area contributed by atoms with Gasteiger partial charge in [0.05, 0.1) is 40.2 Å². The third-order valence-corrected chi connectivity index (χ3v) is 21.0. The number of benzene rings is 2. The van der Waals surface area contributed by atoms with Gasteiger partial charge in [-0.05, 0) is 130 Å². The van der Waals surface area contributed by atoms with E-state index >= 15 is 4.79 Å². The Hall–Kier alpha value is -6.24. The maximum Gasteiger partial charge on any atom is 0.509 e. The van der Waals surface area contributed by atoms with Gasteiger partial charge in [-0.25, -0.2) is 14.7 Å². The monoisotopic (exact) mass is 1180 g/mol. The molecule has 2 saturated heterocycles. The van der Waals surface area contributed by atoms with Crippen molar-refractivity contribution < 1.29 is 62.6 Å². The lowest BCUT2D eigenvalue weighted by molar-refractivity contribution is -0.234. The smallest absolute Gasteiger partial charge is 0.496 e. The topological polar surface area (TPSA) is 195 Å². The second kappa shape index (κ2) is 23.7. The lowest BCUT2D eigenvalue weighted by Crippen LogP contribution is -2.81. The number of hydroxylamine groups is 1. The zero-order valence-corrected chi connectivity index (χ0v) is 52.9. The number of carbonyl (C=O) groups is 4. The van der Waals surface area contributed by atoms with Gasteiger partial charge in [-0.3, -0.25) is 24.2 Å². The number of nitrogens with one attached hydrogen (secondary N) is 1. The number of ether oxygens (including phenoxy) is 6. The lowest BCUT2D eigenvalue weighted by Gasteiger charge is -2.63. The number of aliphatic hydroxyl groups is 2. The van der Waals surface area contributed by atoms with Crippen LogP contribution in [0.2, 0.25) is 0 Å². The molecule has 17 nitrogen and oxygen atoms in total. The maximum atomic E-state index is 15.9. The lowest BCUT2D eigenvalue weighted by atomic mass is 9.47. The molecule has 0 radical (unpaired) electrons.